The van der Waals surface area contributed by atoms with Crippen LogP contribution in [-0.2, 0) is 14.6 Å². The summed E-state index contributed by atoms with van der Waals surface area (Å²) in [7, 11) is -3.12. The van der Waals surface area contributed by atoms with E-state index in [0.29, 0.717) is 5.75 Å². The largest absolute Gasteiger partial charge is 0.426 e. The molecule has 1 aliphatic heterocycles. The second-order valence-electron chi connectivity index (χ2n) is 4.79. The second-order valence-corrected chi connectivity index (χ2v) is 6.73. The molecule has 1 atom stereocenters. The fourth-order valence-electron chi connectivity index (χ4n) is 1.98. The molecule has 19 heavy (non-hydrogen) atoms. The van der Waals surface area contributed by atoms with Crippen molar-refractivity contribution in [3.8, 4) is 5.75 Å². The van der Waals surface area contributed by atoms with E-state index in [-0.39, 0.29) is 18.1 Å². The fourth-order valence-corrected chi connectivity index (χ4v) is 3.38. The third-order valence-corrected chi connectivity index (χ3v) is 4.68. The van der Waals surface area contributed by atoms with E-state index in [2.05, 4.69) is 0 Å². The van der Waals surface area contributed by atoms with Crippen LogP contribution in [-0.4, -0.2) is 20.1 Å². The van der Waals surface area contributed by atoms with Crippen LogP contribution in [0.25, 0.3) is 0 Å². The van der Waals surface area contributed by atoms with Gasteiger partial charge in [-0.2, -0.15) is 0 Å². The molecule has 0 radical (unpaired) electrons. The van der Waals surface area contributed by atoms with E-state index in [4.69, 9.17) is 4.74 Å². The number of esters is 1. The summed E-state index contributed by atoms with van der Waals surface area (Å²) in [5, 5.41) is 1.17. The predicted molar refractivity (Wildman–Crippen MR) is 72.6 cm³/mol. The summed E-state index contributed by atoms with van der Waals surface area (Å²) in [6, 6.07) is 5.51. The van der Waals surface area contributed by atoms with E-state index in [1.54, 1.807) is 12.1 Å². The van der Waals surface area contributed by atoms with Gasteiger partial charge in [0.05, 0.1) is 12.2 Å². The normalized spacial score (nSPS) is 20.4. The molecular formula is C14H16O4S. The molecule has 1 aromatic rings. The molecule has 0 amide bonds. The first-order valence-electron chi connectivity index (χ1n) is 6.05. The van der Waals surface area contributed by atoms with Gasteiger partial charge in [-0.25, -0.2) is 8.42 Å². The zero-order chi connectivity index (χ0) is 14.0. The molecule has 4 nitrogen and oxygen atoms in total. The lowest BCUT2D eigenvalue weighted by Gasteiger charge is -2.10. The Morgan fingerprint density at radius 1 is 1.37 bits per heavy atom. The van der Waals surface area contributed by atoms with E-state index in [1.807, 2.05) is 26.0 Å². The Kier molecular flexibility index (Phi) is 3.75. The SMILES string of the molecule is Cc1cccc(OC(=O)C[C@@H]2C=CS(=O)(=O)C2)c1C. The Morgan fingerprint density at radius 3 is 2.74 bits per heavy atom. The maximum atomic E-state index is 11.8. The Bertz CT molecular complexity index is 629. The summed E-state index contributed by atoms with van der Waals surface area (Å²) in [6.07, 6.45) is 1.64. The topological polar surface area (TPSA) is 60.4 Å². The number of carbonyl (C=O) groups excluding carboxylic acids is 1. The maximum absolute atomic E-state index is 11.8. The van der Waals surface area contributed by atoms with Crippen molar-refractivity contribution < 1.29 is 17.9 Å². The number of sulfone groups is 1. The molecule has 0 aromatic heterocycles. The van der Waals surface area contributed by atoms with Gasteiger partial charge in [-0.15, -0.1) is 0 Å². The van der Waals surface area contributed by atoms with Gasteiger partial charge >= 0.3 is 5.97 Å². The van der Waals surface area contributed by atoms with Crippen LogP contribution in [0.3, 0.4) is 0 Å². The summed E-state index contributed by atoms with van der Waals surface area (Å²) in [4.78, 5) is 11.8. The van der Waals surface area contributed by atoms with Crippen LogP contribution in [0.5, 0.6) is 5.75 Å². The van der Waals surface area contributed by atoms with Crippen molar-refractivity contribution in [2.75, 3.05) is 5.75 Å². The number of rotatable bonds is 3. The van der Waals surface area contributed by atoms with Crippen LogP contribution in [0.1, 0.15) is 17.5 Å². The highest BCUT2D eigenvalue weighted by molar-refractivity contribution is 7.94. The lowest BCUT2D eigenvalue weighted by atomic mass is 10.1. The van der Waals surface area contributed by atoms with Gasteiger partial charge in [-0.1, -0.05) is 18.2 Å². The van der Waals surface area contributed by atoms with Crippen molar-refractivity contribution in [1.82, 2.24) is 0 Å². The molecule has 102 valence electrons. The van der Waals surface area contributed by atoms with Crippen LogP contribution in [0.2, 0.25) is 0 Å². The Labute approximate surface area is 113 Å². The molecule has 1 aromatic carbocycles. The standard InChI is InChI=1S/C14H16O4S/c1-10-4-3-5-13(11(10)2)18-14(15)8-12-6-7-19(16,17)9-12/h3-7,12H,8-9H2,1-2H3/t12-/m0/s1. The summed E-state index contributed by atoms with van der Waals surface area (Å²) >= 11 is 0. The third kappa shape index (κ3) is 3.44. The molecule has 1 heterocycles. The van der Waals surface area contributed by atoms with E-state index in [1.165, 1.54) is 5.41 Å². The van der Waals surface area contributed by atoms with Crippen molar-refractivity contribution in [2.45, 2.75) is 20.3 Å². The highest BCUT2D eigenvalue weighted by Crippen LogP contribution is 2.23. The molecule has 1 aliphatic rings. The average molecular weight is 280 g/mol. The number of aryl methyl sites for hydroxylation is 1. The van der Waals surface area contributed by atoms with Gasteiger partial charge in [0, 0.05) is 11.3 Å². The molecule has 0 N–H and O–H groups in total. The highest BCUT2D eigenvalue weighted by atomic mass is 32.2. The predicted octanol–water partition coefficient (Wildman–Crippen LogP) is 2.16. The molecule has 0 spiro atoms. The molecule has 5 heteroatoms. The molecule has 0 saturated heterocycles. The third-order valence-electron chi connectivity index (χ3n) is 3.21. The van der Waals surface area contributed by atoms with E-state index in [0.717, 1.165) is 11.1 Å². The van der Waals surface area contributed by atoms with Crippen molar-refractivity contribution in [2.24, 2.45) is 5.92 Å². The number of ether oxygens (including phenoxy) is 1. The minimum absolute atomic E-state index is 0.00506. The molecule has 0 bridgehead atoms. The zero-order valence-corrected chi connectivity index (χ0v) is 11.7. The van der Waals surface area contributed by atoms with Crippen LogP contribution >= 0.6 is 0 Å². The van der Waals surface area contributed by atoms with Crippen LogP contribution in [0.4, 0.5) is 0 Å². The lowest BCUT2D eigenvalue weighted by Crippen LogP contribution is -2.16. The van der Waals surface area contributed by atoms with Crippen molar-refractivity contribution in [3.05, 3.63) is 40.8 Å². The van der Waals surface area contributed by atoms with Gasteiger partial charge in [0.25, 0.3) is 0 Å². The Morgan fingerprint density at radius 2 is 2.11 bits per heavy atom. The van der Waals surface area contributed by atoms with E-state index in [9.17, 15) is 13.2 Å². The number of hydrogen-bond donors (Lipinski definition) is 0. The first-order chi connectivity index (χ1) is 8.87. The van der Waals surface area contributed by atoms with Gasteiger partial charge in [0.2, 0.25) is 0 Å². The van der Waals surface area contributed by atoms with Crippen molar-refractivity contribution in [1.29, 1.82) is 0 Å². The molecule has 0 aliphatic carbocycles. The summed E-state index contributed by atoms with van der Waals surface area (Å²) in [5.41, 5.74) is 1.97. The number of allylic oxidation sites excluding steroid dienone is 1. The summed E-state index contributed by atoms with van der Waals surface area (Å²) in [6.45, 7) is 3.83. The number of benzene rings is 1. The lowest BCUT2D eigenvalue weighted by molar-refractivity contribution is -0.135. The first-order valence-corrected chi connectivity index (χ1v) is 7.77. The maximum Gasteiger partial charge on any atom is 0.311 e. The van der Waals surface area contributed by atoms with Crippen molar-refractivity contribution in [3.63, 3.8) is 0 Å². The Hall–Kier alpha value is -1.62. The Balaban J connectivity index is 1.99. The van der Waals surface area contributed by atoms with Crippen LogP contribution < -0.4 is 4.74 Å². The fraction of sp³-hybridized carbons (Fsp3) is 0.357. The quantitative estimate of drug-likeness (QED) is 0.629. The van der Waals surface area contributed by atoms with Gasteiger partial charge in [-0.3, -0.25) is 4.79 Å². The molecule has 0 unspecified atom stereocenters. The highest BCUT2D eigenvalue weighted by Gasteiger charge is 2.24. The first kappa shape index (κ1) is 13.8. The average Bonchev–Trinajstić information content (AvgIpc) is 2.64. The molecule has 0 fully saturated rings. The van der Waals surface area contributed by atoms with Crippen LogP contribution in [0.15, 0.2) is 29.7 Å². The smallest absolute Gasteiger partial charge is 0.311 e. The number of hydrogen-bond acceptors (Lipinski definition) is 4. The van der Waals surface area contributed by atoms with Gasteiger partial charge in [-0.05, 0) is 31.0 Å². The van der Waals surface area contributed by atoms with E-state index < -0.39 is 15.8 Å². The molecular weight excluding hydrogens is 264 g/mol. The van der Waals surface area contributed by atoms with E-state index >= 15 is 0 Å². The van der Waals surface area contributed by atoms with Gasteiger partial charge < -0.3 is 4.74 Å². The minimum atomic E-state index is -3.12. The monoisotopic (exact) mass is 280 g/mol. The zero-order valence-electron chi connectivity index (χ0n) is 10.9. The van der Waals surface area contributed by atoms with Gasteiger partial charge in [0.1, 0.15) is 5.75 Å². The molecule has 0 saturated carbocycles. The second kappa shape index (κ2) is 5.17. The van der Waals surface area contributed by atoms with Gasteiger partial charge in [0.15, 0.2) is 9.84 Å². The summed E-state index contributed by atoms with van der Waals surface area (Å²) < 4.78 is 27.8. The number of carbonyl (C=O) groups is 1. The van der Waals surface area contributed by atoms with Crippen LogP contribution in [0, 0.1) is 19.8 Å². The minimum Gasteiger partial charge on any atom is -0.426 e. The van der Waals surface area contributed by atoms with Crippen molar-refractivity contribution >= 4 is 15.8 Å². The molecule has 2 rings (SSSR count). The summed E-state index contributed by atoms with van der Waals surface area (Å²) in [5.74, 6) is -0.146.